The van der Waals surface area contributed by atoms with Gasteiger partial charge >= 0.3 is 12.6 Å². The standard InChI is InChI=1S/C18H12Cl2F4N6O2/c1-2-18(15(21)22)7-29(10-6-25-12-4-11(20)28-30(12)13(10)18)17(31)27-8-3-9(19)14(26-5-8)32-16(23)24/h2-6,15-16H,1,7H2,(H,27,31)/t18-/m1/s1. The zero-order valence-corrected chi connectivity index (χ0v) is 17.3. The van der Waals surface area contributed by atoms with Crippen molar-refractivity contribution in [2.45, 2.75) is 18.5 Å². The number of carbonyl (C=O) groups is 1. The summed E-state index contributed by atoms with van der Waals surface area (Å²) >= 11 is 11.8. The molecular formula is C18H12Cl2F4N6O2. The molecule has 0 spiro atoms. The summed E-state index contributed by atoms with van der Waals surface area (Å²) in [6.45, 7) is -0.0712. The number of aromatic nitrogens is 4. The van der Waals surface area contributed by atoms with Gasteiger partial charge in [-0.1, -0.05) is 29.3 Å². The highest BCUT2D eigenvalue weighted by Gasteiger charge is 2.52. The van der Waals surface area contributed by atoms with Gasteiger partial charge < -0.3 is 10.1 Å². The molecule has 0 fully saturated rings. The van der Waals surface area contributed by atoms with Gasteiger partial charge in [-0.2, -0.15) is 13.9 Å². The van der Waals surface area contributed by atoms with E-state index in [4.69, 9.17) is 23.2 Å². The van der Waals surface area contributed by atoms with E-state index in [9.17, 15) is 22.4 Å². The van der Waals surface area contributed by atoms with E-state index in [0.717, 1.165) is 27.8 Å². The monoisotopic (exact) mass is 490 g/mol. The topological polar surface area (TPSA) is 84.7 Å². The highest BCUT2D eigenvalue weighted by Crippen LogP contribution is 2.45. The predicted octanol–water partition coefficient (Wildman–Crippen LogP) is 4.77. The molecule has 0 saturated heterocycles. The van der Waals surface area contributed by atoms with Crippen molar-refractivity contribution in [3.8, 4) is 5.88 Å². The lowest BCUT2D eigenvalue weighted by Gasteiger charge is -2.25. The Balaban J connectivity index is 1.71. The summed E-state index contributed by atoms with van der Waals surface area (Å²) in [7, 11) is 0. The van der Waals surface area contributed by atoms with Crippen LogP contribution >= 0.6 is 23.2 Å². The zero-order chi connectivity index (χ0) is 23.2. The third kappa shape index (κ3) is 3.58. The van der Waals surface area contributed by atoms with Crippen molar-refractivity contribution in [2.75, 3.05) is 16.8 Å². The van der Waals surface area contributed by atoms with Crippen LogP contribution in [0.15, 0.2) is 37.2 Å². The lowest BCUT2D eigenvalue weighted by Crippen LogP contribution is -2.42. The van der Waals surface area contributed by atoms with Crippen LogP contribution in [-0.4, -0.2) is 45.2 Å². The summed E-state index contributed by atoms with van der Waals surface area (Å²) in [6, 6.07) is 1.69. The molecule has 14 heteroatoms. The van der Waals surface area contributed by atoms with Gasteiger partial charge in [0.1, 0.15) is 10.4 Å². The van der Waals surface area contributed by atoms with E-state index < -0.39 is 36.9 Å². The van der Waals surface area contributed by atoms with Crippen molar-refractivity contribution in [2.24, 2.45) is 0 Å². The van der Waals surface area contributed by atoms with Gasteiger partial charge in [0.2, 0.25) is 5.88 Å². The van der Waals surface area contributed by atoms with Crippen LogP contribution in [-0.2, 0) is 5.41 Å². The molecule has 32 heavy (non-hydrogen) atoms. The van der Waals surface area contributed by atoms with Crippen LogP contribution < -0.4 is 15.0 Å². The van der Waals surface area contributed by atoms with Gasteiger partial charge in [-0.15, -0.1) is 6.58 Å². The zero-order valence-electron chi connectivity index (χ0n) is 15.8. The number of hydrogen-bond donors (Lipinski definition) is 1. The predicted molar refractivity (Wildman–Crippen MR) is 108 cm³/mol. The highest BCUT2D eigenvalue weighted by atomic mass is 35.5. The Morgan fingerprint density at radius 2 is 2.00 bits per heavy atom. The number of fused-ring (bicyclic) bond motifs is 3. The van der Waals surface area contributed by atoms with Crippen LogP contribution in [0.25, 0.3) is 5.65 Å². The van der Waals surface area contributed by atoms with Gasteiger partial charge in [-0.05, 0) is 6.07 Å². The first kappa shape index (κ1) is 22.1. The number of hydrogen-bond acceptors (Lipinski definition) is 5. The smallest absolute Gasteiger partial charge is 0.388 e. The second-order valence-electron chi connectivity index (χ2n) is 6.68. The van der Waals surface area contributed by atoms with Crippen LogP contribution in [0, 0.1) is 0 Å². The third-order valence-electron chi connectivity index (χ3n) is 4.84. The number of carbonyl (C=O) groups excluding carboxylic acids is 1. The quantitative estimate of drug-likeness (QED) is 0.411. The molecule has 0 saturated carbocycles. The largest absolute Gasteiger partial charge is 0.415 e. The van der Waals surface area contributed by atoms with Crippen molar-refractivity contribution in [1.82, 2.24) is 19.6 Å². The van der Waals surface area contributed by atoms with E-state index in [-0.39, 0.29) is 32.9 Å². The second kappa shape index (κ2) is 8.10. The molecule has 4 rings (SSSR count). The molecule has 1 aliphatic heterocycles. The van der Waals surface area contributed by atoms with Gasteiger partial charge in [0.15, 0.2) is 10.8 Å². The number of alkyl halides is 4. The lowest BCUT2D eigenvalue weighted by atomic mass is 9.86. The number of ether oxygens (including phenoxy) is 1. The average Bonchev–Trinajstić information content (AvgIpc) is 3.27. The minimum atomic E-state index is -3.14. The number of nitrogens with zero attached hydrogens (tertiary/aromatic N) is 5. The minimum absolute atomic E-state index is 0.00797. The number of nitrogens with one attached hydrogen (secondary N) is 1. The summed E-state index contributed by atoms with van der Waals surface area (Å²) in [5, 5.41) is 6.20. The molecule has 1 atom stereocenters. The first-order valence-corrected chi connectivity index (χ1v) is 9.57. The molecule has 0 aromatic carbocycles. The van der Waals surface area contributed by atoms with Crippen LogP contribution in [0.4, 0.5) is 33.7 Å². The van der Waals surface area contributed by atoms with E-state index in [2.05, 4.69) is 31.7 Å². The minimum Gasteiger partial charge on any atom is -0.415 e. The van der Waals surface area contributed by atoms with Gasteiger partial charge in [-0.25, -0.2) is 28.1 Å². The molecule has 0 aliphatic carbocycles. The van der Waals surface area contributed by atoms with E-state index >= 15 is 0 Å². The van der Waals surface area contributed by atoms with E-state index in [1.165, 1.54) is 12.3 Å². The Morgan fingerprint density at radius 1 is 1.25 bits per heavy atom. The number of urea groups is 1. The first-order valence-electron chi connectivity index (χ1n) is 8.81. The van der Waals surface area contributed by atoms with Crippen molar-refractivity contribution in [3.05, 3.63) is 53.1 Å². The van der Waals surface area contributed by atoms with E-state index in [0.29, 0.717) is 0 Å². The highest BCUT2D eigenvalue weighted by molar-refractivity contribution is 6.32. The maximum Gasteiger partial charge on any atom is 0.388 e. The maximum atomic E-state index is 14.2. The van der Waals surface area contributed by atoms with Gasteiger partial charge in [-0.3, -0.25) is 4.90 Å². The molecule has 8 nitrogen and oxygen atoms in total. The third-order valence-corrected chi connectivity index (χ3v) is 5.30. The molecule has 168 valence electrons. The molecule has 1 N–H and O–H groups in total. The number of anilines is 2. The fourth-order valence-corrected chi connectivity index (χ4v) is 3.80. The van der Waals surface area contributed by atoms with Crippen molar-refractivity contribution < 1.29 is 27.1 Å². The number of pyridine rings is 1. The van der Waals surface area contributed by atoms with Crippen molar-refractivity contribution in [1.29, 1.82) is 0 Å². The van der Waals surface area contributed by atoms with Crippen LogP contribution in [0.2, 0.25) is 10.2 Å². The Kier molecular flexibility index (Phi) is 5.59. The Morgan fingerprint density at radius 3 is 2.62 bits per heavy atom. The molecule has 0 unspecified atom stereocenters. The summed E-state index contributed by atoms with van der Waals surface area (Å²) in [6.07, 6.45) is 0.391. The van der Waals surface area contributed by atoms with E-state index in [1.54, 1.807) is 0 Å². The molecule has 4 heterocycles. The molecule has 0 bridgehead atoms. The first-order chi connectivity index (χ1) is 15.2. The average molecular weight is 491 g/mol. The van der Waals surface area contributed by atoms with Gasteiger partial charge in [0, 0.05) is 12.6 Å². The van der Waals surface area contributed by atoms with Gasteiger partial charge in [0.25, 0.3) is 6.43 Å². The van der Waals surface area contributed by atoms with E-state index in [1.807, 2.05) is 0 Å². The molecule has 3 aromatic rings. The molecule has 0 radical (unpaired) electrons. The number of rotatable bonds is 5. The Bertz CT molecular complexity index is 1220. The number of amides is 2. The maximum absolute atomic E-state index is 14.2. The summed E-state index contributed by atoms with van der Waals surface area (Å²) in [4.78, 5) is 21.7. The van der Waals surface area contributed by atoms with Gasteiger partial charge in [0.05, 0.1) is 29.5 Å². The molecular weight excluding hydrogens is 479 g/mol. The molecule has 2 amide bonds. The van der Waals surface area contributed by atoms with Crippen LogP contribution in [0.5, 0.6) is 5.88 Å². The Labute approximate surface area is 187 Å². The number of halogens is 6. The summed E-state index contributed by atoms with van der Waals surface area (Å²) in [5.41, 5.74) is -1.66. The fourth-order valence-electron chi connectivity index (χ4n) is 3.41. The Hall–Kier alpha value is -3.12. The van der Waals surface area contributed by atoms with Crippen LogP contribution in [0.3, 0.4) is 0 Å². The fraction of sp³-hybridized carbons (Fsp3) is 0.222. The normalized spacial score (nSPS) is 17.8. The SMILES string of the molecule is C=C[C@@]1(C(F)F)CN(C(=O)Nc2cnc(OC(F)F)c(Cl)c2)c2cnc3cc(Cl)nn3c21. The summed E-state index contributed by atoms with van der Waals surface area (Å²) in [5.74, 6) is -0.531. The molecule has 1 aliphatic rings. The van der Waals surface area contributed by atoms with Crippen LogP contribution in [0.1, 0.15) is 5.69 Å². The summed E-state index contributed by atoms with van der Waals surface area (Å²) < 4.78 is 58.5. The van der Waals surface area contributed by atoms with Crippen molar-refractivity contribution in [3.63, 3.8) is 0 Å². The van der Waals surface area contributed by atoms with Crippen molar-refractivity contribution >= 4 is 46.3 Å². The second-order valence-corrected chi connectivity index (χ2v) is 7.47. The lowest BCUT2D eigenvalue weighted by molar-refractivity contribution is -0.0527. The molecule has 3 aromatic heterocycles.